The van der Waals surface area contributed by atoms with Gasteiger partial charge in [0, 0.05) is 59.5 Å². The maximum absolute atomic E-state index is 13.2. The fraction of sp³-hybridized carbons (Fsp3) is 0.409. The summed E-state index contributed by atoms with van der Waals surface area (Å²) in [5.41, 5.74) is 3.12. The Bertz CT molecular complexity index is 971. The normalized spacial score (nSPS) is 18.0. The van der Waals surface area contributed by atoms with Gasteiger partial charge in [-0.1, -0.05) is 0 Å². The first-order chi connectivity index (χ1) is 14.1. The van der Waals surface area contributed by atoms with Gasteiger partial charge in [0.05, 0.1) is 6.61 Å². The Hall–Kier alpha value is -3.09. The molecule has 2 aromatic rings. The molecule has 2 fully saturated rings. The highest BCUT2D eigenvalue weighted by molar-refractivity contribution is 6.29. The molecule has 0 spiro atoms. The van der Waals surface area contributed by atoms with E-state index in [9.17, 15) is 14.4 Å². The number of hydrogen-bond donors (Lipinski definition) is 0. The largest absolute Gasteiger partial charge is 0.465 e. The van der Waals surface area contributed by atoms with Crippen molar-refractivity contribution in [1.82, 2.24) is 4.90 Å². The van der Waals surface area contributed by atoms with E-state index in [1.54, 1.807) is 19.1 Å². The highest BCUT2D eigenvalue weighted by Crippen LogP contribution is 2.43. The first-order valence-electron chi connectivity index (χ1n) is 10.2. The van der Waals surface area contributed by atoms with E-state index in [4.69, 9.17) is 4.74 Å². The van der Waals surface area contributed by atoms with Crippen LogP contribution in [0.2, 0.25) is 0 Å². The van der Waals surface area contributed by atoms with Crippen molar-refractivity contribution in [3.63, 3.8) is 0 Å². The molecule has 0 N–H and O–H groups in total. The van der Waals surface area contributed by atoms with Crippen LogP contribution in [-0.2, 0) is 9.53 Å². The second-order valence-corrected chi connectivity index (χ2v) is 7.70. The molecule has 7 nitrogen and oxygen atoms in total. The number of benzene rings is 2. The van der Waals surface area contributed by atoms with Crippen molar-refractivity contribution in [3.05, 3.63) is 35.4 Å². The Morgan fingerprint density at radius 3 is 1.79 bits per heavy atom. The first kappa shape index (κ1) is 18.0. The van der Waals surface area contributed by atoms with Crippen molar-refractivity contribution in [2.75, 3.05) is 49.1 Å². The summed E-state index contributed by atoms with van der Waals surface area (Å²) in [6.45, 7) is 5.46. The summed E-state index contributed by atoms with van der Waals surface area (Å²) in [5, 5.41) is 1.70. The summed E-state index contributed by atoms with van der Waals surface area (Å²) < 4.78 is 4.95. The molecule has 0 unspecified atom stereocenters. The molecule has 3 aliphatic heterocycles. The average molecular weight is 393 g/mol. The number of imide groups is 1. The molecule has 0 atom stereocenters. The molecule has 7 heteroatoms. The fourth-order valence-corrected chi connectivity index (χ4v) is 4.32. The van der Waals surface area contributed by atoms with Gasteiger partial charge < -0.3 is 14.5 Å². The van der Waals surface area contributed by atoms with E-state index in [1.165, 1.54) is 0 Å². The summed E-state index contributed by atoms with van der Waals surface area (Å²) in [6.07, 6.45) is 2.29. The minimum absolute atomic E-state index is 0.208. The molecule has 0 radical (unpaired) electrons. The first-order valence-corrected chi connectivity index (χ1v) is 10.2. The molecule has 150 valence electrons. The minimum atomic E-state index is -0.580. The Morgan fingerprint density at radius 1 is 0.862 bits per heavy atom. The molecule has 3 aliphatic rings. The van der Waals surface area contributed by atoms with Gasteiger partial charge in [0.2, 0.25) is 0 Å². The van der Waals surface area contributed by atoms with Crippen molar-refractivity contribution >= 4 is 39.9 Å². The molecular weight excluding hydrogens is 370 g/mol. The van der Waals surface area contributed by atoms with Crippen LogP contribution in [0.5, 0.6) is 0 Å². The Balaban J connectivity index is 1.67. The molecule has 0 aliphatic carbocycles. The maximum Gasteiger partial charge on any atom is 0.326 e. The van der Waals surface area contributed by atoms with Crippen LogP contribution < -0.4 is 9.80 Å². The van der Waals surface area contributed by atoms with Crippen molar-refractivity contribution in [2.24, 2.45) is 0 Å². The highest BCUT2D eigenvalue weighted by Gasteiger charge is 2.37. The molecule has 29 heavy (non-hydrogen) atoms. The summed E-state index contributed by atoms with van der Waals surface area (Å²) in [4.78, 5) is 43.9. The van der Waals surface area contributed by atoms with Gasteiger partial charge in [0.15, 0.2) is 0 Å². The van der Waals surface area contributed by atoms with Crippen LogP contribution >= 0.6 is 0 Å². The summed E-state index contributed by atoms with van der Waals surface area (Å²) in [5.74, 6) is -1.45. The molecule has 0 bridgehead atoms. The molecule has 0 aromatic heterocycles. The Kier molecular flexibility index (Phi) is 4.19. The Morgan fingerprint density at radius 2 is 1.38 bits per heavy atom. The standard InChI is InChI=1S/C22H23N3O4/c1-2-29-18(26)13-25-21(27)14-5-7-16(23-9-3-10-23)20-17(24-11-4-12-24)8-6-15(19(14)20)22(25)28/h5-8H,2-4,9-13H2,1H3. The maximum atomic E-state index is 13.2. The van der Waals surface area contributed by atoms with Crippen molar-refractivity contribution in [3.8, 4) is 0 Å². The van der Waals surface area contributed by atoms with Gasteiger partial charge in [-0.2, -0.15) is 0 Å². The molecular formula is C22H23N3O4. The number of hydrogen-bond acceptors (Lipinski definition) is 6. The van der Waals surface area contributed by atoms with E-state index in [1.807, 2.05) is 12.1 Å². The lowest BCUT2D eigenvalue weighted by atomic mass is 9.90. The van der Waals surface area contributed by atoms with Gasteiger partial charge in [-0.3, -0.25) is 19.3 Å². The van der Waals surface area contributed by atoms with Crippen molar-refractivity contribution in [2.45, 2.75) is 19.8 Å². The summed E-state index contributed by atoms with van der Waals surface area (Å²) in [7, 11) is 0. The zero-order chi connectivity index (χ0) is 20.1. The topological polar surface area (TPSA) is 70.2 Å². The van der Waals surface area contributed by atoms with Gasteiger partial charge in [-0.15, -0.1) is 0 Å². The highest BCUT2D eigenvalue weighted by atomic mass is 16.5. The second kappa shape index (κ2) is 6.76. The lowest BCUT2D eigenvalue weighted by Gasteiger charge is -2.39. The van der Waals surface area contributed by atoms with Crippen LogP contribution in [0.25, 0.3) is 10.8 Å². The van der Waals surface area contributed by atoms with Gasteiger partial charge >= 0.3 is 5.97 Å². The van der Waals surface area contributed by atoms with Crippen LogP contribution in [0.1, 0.15) is 40.5 Å². The van der Waals surface area contributed by atoms with Gasteiger partial charge in [0.1, 0.15) is 6.54 Å². The van der Waals surface area contributed by atoms with Crippen LogP contribution in [0.3, 0.4) is 0 Å². The van der Waals surface area contributed by atoms with E-state index in [2.05, 4.69) is 9.80 Å². The third-order valence-corrected chi connectivity index (χ3v) is 6.05. The second-order valence-electron chi connectivity index (χ2n) is 7.70. The monoisotopic (exact) mass is 393 g/mol. The zero-order valence-corrected chi connectivity index (χ0v) is 16.4. The Labute approximate surface area is 168 Å². The molecule has 2 amide bonds. The zero-order valence-electron chi connectivity index (χ0n) is 16.4. The van der Waals surface area contributed by atoms with Crippen LogP contribution in [0, 0.1) is 0 Å². The number of rotatable bonds is 5. The van der Waals surface area contributed by atoms with E-state index in [0.29, 0.717) is 16.5 Å². The van der Waals surface area contributed by atoms with E-state index < -0.39 is 17.8 Å². The van der Waals surface area contributed by atoms with Crippen LogP contribution in [0.4, 0.5) is 11.4 Å². The number of carbonyl (C=O) groups is 3. The quantitative estimate of drug-likeness (QED) is 0.574. The third-order valence-electron chi connectivity index (χ3n) is 6.05. The van der Waals surface area contributed by atoms with E-state index in [-0.39, 0.29) is 13.2 Å². The predicted octanol–water partition coefficient (Wildman–Crippen LogP) is 2.42. The lowest BCUT2D eigenvalue weighted by Crippen LogP contribution is -2.44. The van der Waals surface area contributed by atoms with Gasteiger partial charge in [0.25, 0.3) is 11.8 Å². The van der Waals surface area contributed by atoms with Gasteiger partial charge in [-0.25, -0.2) is 0 Å². The summed E-state index contributed by atoms with van der Waals surface area (Å²) >= 11 is 0. The average Bonchev–Trinajstić information content (AvgIpc) is 2.62. The van der Waals surface area contributed by atoms with E-state index >= 15 is 0 Å². The fourth-order valence-electron chi connectivity index (χ4n) is 4.32. The number of nitrogens with zero attached hydrogens (tertiary/aromatic N) is 3. The minimum Gasteiger partial charge on any atom is -0.465 e. The number of carbonyl (C=O) groups excluding carboxylic acids is 3. The molecule has 3 heterocycles. The van der Waals surface area contributed by atoms with E-state index in [0.717, 1.165) is 60.7 Å². The molecule has 2 aromatic carbocycles. The van der Waals surface area contributed by atoms with Gasteiger partial charge in [-0.05, 0) is 44.0 Å². The van der Waals surface area contributed by atoms with Crippen molar-refractivity contribution < 1.29 is 19.1 Å². The molecule has 2 saturated heterocycles. The van der Waals surface area contributed by atoms with Crippen LogP contribution in [-0.4, -0.2) is 62.0 Å². The van der Waals surface area contributed by atoms with Crippen molar-refractivity contribution in [1.29, 1.82) is 0 Å². The summed E-state index contributed by atoms with van der Waals surface area (Å²) in [6, 6.07) is 7.57. The number of ether oxygens (including phenoxy) is 1. The molecule has 0 saturated carbocycles. The lowest BCUT2D eigenvalue weighted by molar-refractivity contribution is -0.143. The number of anilines is 2. The number of esters is 1. The third kappa shape index (κ3) is 2.68. The smallest absolute Gasteiger partial charge is 0.326 e. The number of amides is 2. The SMILES string of the molecule is CCOC(=O)CN1C(=O)c2ccc(N3CCC3)c3c(N4CCC4)ccc(c23)C1=O. The predicted molar refractivity (Wildman–Crippen MR) is 110 cm³/mol. The van der Waals surface area contributed by atoms with Crippen LogP contribution in [0.15, 0.2) is 24.3 Å². The molecule has 5 rings (SSSR count).